The molecule has 2 atom stereocenters. The SMILES string of the molecule is O=C(O)CCc1ccc(C(O)C(O)CCl)cc1. The lowest BCUT2D eigenvalue weighted by molar-refractivity contribution is -0.136. The fourth-order valence-electron chi connectivity index (χ4n) is 1.44. The highest BCUT2D eigenvalue weighted by molar-refractivity contribution is 6.18. The van der Waals surface area contributed by atoms with Crippen LogP contribution in [0, 0.1) is 0 Å². The number of carboxylic acids is 1. The van der Waals surface area contributed by atoms with Gasteiger partial charge in [-0.15, -0.1) is 11.6 Å². The van der Waals surface area contributed by atoms with Crippen LogP contribution in [0.2, 0.25) is 0 Å². The van der Waals surface area contributed by atoms with E-state index in [1.165, 1.54) is 0 Å². The van der Waals surface area contributed by atoms with Gasteiger partial charge in [-0.05, 0) is 17.5 Å². The molecule has 0 radical (unpaired) electrons. The van der Waals surface area contributed by atoms with E-state index >= 15 is 0 Å². The first-order chi connectivity index (χ1) is 8.04. The number of aliphatic carboxylic acids is 1. The van der Waals surface area contributed by atoms with Crippen LogP contribution in [0.25, 0.3) is 0 Å². The predicted molar refractivity (Wildman–Crippen MR) is 64.1 cm³/mol. The minimum Gasteiger partial charge on any atom is -0.481 e. The molecule has 0 amide bonds. The Balaban J connectivity index is 2.64. The molecule has 0 saturated heterocycles. The molecule has 0 fully saturated rings. The zero-order valence-electron chi connectivity index (χ0n) is 9.21. The van der Waals surface area contributed by atoms with E-state index in [9.17, 15) is 15.0 Å². The van der Waals surface area contributed by atoms with Gasteiger partial charge in [0.15, 0.2) is 0 Å². The van der Waals surface area contributed by atoms with E-state index in [-0.39, 0.29) is 12.3 Å². The lowest BCUT2D eigenvalue weighted by Gasteiger charge is -2.15. The molecule has 1 aromatic rings. The summed E-state index contributed by atoms with van der Waals surface area (Å²) in [7, 11) is 0. The molecule has 0 aliphatic rings. The highest BCUT2D eigenvalue weighted by atomic mass is 35.5. The van der Waals surface area contributed by atoms with Crippen molar-refractivity contribution in [1.82, 2.24) is 0 Å². The zero-order chi connectivity index (χ0) is 12.8. The van der Waals surface area contributed by atoms with Gasteiger partial charge in [0.05, 0.1) is 12.0 Å². The molecule has 17 heavy (non-hydrogen) atoms. The molecular weight excluding hydrogens is 244 g/mol. The van der Waals surface area contributed by atoms with Crippen LogP contribution in [-0.4, -0.2) is 33.3 Å². The average Bonchev–Trinajstić information content (AvgIpc) is 2.35. The standard InChI is InChI=1S/C12H15ClO4/c13-7-10(14)12(17)9-4-1-8(2-5-9)3-6-11(15)16/h1-2,4-5,10,12,14,17H,3,6-7H2,(H,15,16). The molecule has 0 aromatic heterocycles. The number of halogens is 1. The maximum absolute atomic E-state index is 10.4. The van der Waals surface area contributed by atoms with Crippen LogP contribution in [0.5, 0.6) is 0 Å². The predicted octanol–water partition coefficient (Wildman–Crippen LogP) is 1.34. The number of alkyl halides is 1. The smallest absolute Gasteiger partial charge is 0.303 e. The molecule has 0 bridgehead atoms. The quantitative estimate of drug-likeness (QED) is 0.673. The number of aliphatic hydroxyl groups is 2. The van der Waals surface area contributed by atoms with Crippen molar-refractivity contribution in [2.45, 2.75) is 25.0 Å². The number of benzene rings is 1. The van der Waals surface area contributed by atoms with Gasteiger partial charge in [0.2, 0.25) is 0 Å². The van der Waals surface area contributed by atoms with Crippen molar-refractivity contribution in [3.8, 4) is 0 Å². The van der Waals surface area contributed by atoms with Crippen molar-refractivity contribution < 1.29 is 20.1 Å². The molecule has 1 rings (SSSR count). The number of hydrogen-bond donors (Lipinski definition) is 3. The Kier molecular flexibility index (Phi) is 5.41. The zero-order valence-corrected chi connectivity index (χ0v) is 9.97. The fraction of sp³-hybridized carbons (Fsp3) is 0.417. The second-order valence-electron chi connectivity index (χ2n) is 3.80. The van der Waals surface area contributed by atoms with Crippen LogP contribution < -0.4 is 0 Å². The van der Waals surface area contributed by atoms with Crippen molar-refractivity contribution in [3.63, 3.8) is 0 Å². The largest absolute Gasteiger partial charge is 0.481 e. The topological polar surface area (TPSA) is 77.8 Å². The number of aryl methyl sites for hydroxylation is 1. The Morgan fingerprint density at radius 3 is 2.29 bits per heavy atom. The fourth-order valence-corrected chi connectivity index (χ4v) is 1.61. The number of carbonyl (C=O) groups is 1. The summed E-state index contributed by atoms with van der Waals surface area (Å²) in [6.45, 7) is 0. The summed E-state index contributed by atoms with van der Waals surface area (Å²) in [6.07, 6.45) is -1.49. The van der Waals surface area contributed by atoms with E-state index < -0.39 is 18.2 Å². The minimum absolute atomic E-state index is 0.0397. The summed E-state index contributed by atoms with van der Waals surface area (Å²) in [5.41, 5.74) is 1.45. The lowest BCUT2D eigenvalue weighted by Crippen LogP contribution is -2.19. The van der Waals surface area contributed by atoms with Gasteiger partial charge in [-0.2, -0.15) is 0 Å². The summed E-state index contributed by atoms with van der Waals surface area (Å²) in [5.74, 6) is -0.881. The Bertz CT molecular complexity index is 363. The third-order valence-corrected chi connectivity index (χ3v) is 2.79. The molecule has 94 valence electrons. The molecule has 2 unspecified atom stereocenters. The normalized spacial score (nSPS) is 14.3. The van der Waals surface area contributed by atoms with Crippen LogP contribution in [0.1, 0.15) is 23.7 Å². The van der Waals surface area contributed by atoms with Crippen molar-refractivity contribution in [1.29, 1.82) is 0 Å². The highest BCUT2D eigenvalue weighted by Gasteiger charge is 2.16. The molecule has 4 nitrogen and oxygen atoms in total. The summed E-state index contributed by atoms with van der Waals surface area (Å²) >= 11 is 5.44. The van der Waals surface area contributed by atoms with Crippen molar-refractivity contribution >= 4 is 17.6 Å². The summed E-state index contributed by atoms with van der Waals surface area (Å²) in [4.78, 5) is 10.4. The van der Waals surface area contributed by atoms with Gasteiger partial charge < -0.3 is 15.3 Å². The number of aliphatic hydroxyl groups excluding tert-OH is 2. The Hall–Kier alpha value is -1.10. The monoisotopic (exact) mass is 258 g/mol. The van der Waals surface area contributed by atoms with E-state index in [1.54, 1.807) is 24.3 Å². The number of hydrogen-bond acceptors (Lipinski definition) is 3. The first-order valence-corrected chi connectivity index (χ1v) is 5.80. The van der Waals surface area contributed by atoms with Crippen molar-refractivity contribution in [2.24, 2.45) is 0 Å². The van der Waals surface area contributed by atoms with Crippen LogP contribution in [0.4, 0.5) is 0 Å². The Morgan fingerprint density at radius 2 is 1.82 bits per heavy atom. The van der Waals surface area contributed by atoms with Gasteiger partial charge >= 0.3 is 5.97 Å². The Labute approximate surface area is 104 Å². The summed E-state index contributed by atoms with van der Waals surface area (Å²) < 4.78 is 0. The molecule has 1 aromatic carbocycles. The van der Waals surface area contributed by atoms with Gasteiger partial charge in [0.25, 0.3) is 0 Å². The van der Waals surface area contributed by atoms with Crippen LogP contribution in [0.3, 0.4) is 0 Å². The third-order valence-electron chi connectivity index (χ3n) is 2.47. The van der Waals surface area contributed by atoms with Crippen molar-refractivity contribution in [3.05, 3.63) is 35.4 Å². The van der Waals surface area contributed by atoms with Gasteiger partial charge in [-0.3, -0.25) is 4.79 Å². The molecule has 0 aliphatic carbocycles. The first kappa shape index (κ1) is 14.0. The van der Waals surface area contributed by atoms with E-state index in [2.05, 4.69) is 0 Å². The van der Waals surface area contributed by atoms with Crippen LogP contribution in [0.15, 0.2) is 24.3 Å². The van der Waals surface area contributed by atoms with E-state index in [0.29, 0.717) is 12.0 Å². The lowest BCUT2D eigenvalue weighted by atomic mass is 10.0. The summed E-state index contributed by atoms with van der Waals surface area (Å²) in [5, 5.41) is 27.6. The molecule has 0 heterocycles. The van der Waals surface area contributed by atoms with E-state index in [4.69, 9.17) is 16.7 Å². The molecule has 3 N–H and O–H groups in total. The average molecular weight is 259 g/mol. The van der Waals surface area contributed by atoms with Gasteiger partial charge in [-0.25, -0.2) is 0 Å². The van der Waals surface area contributed by atoms with E-state index in [1.807, 2.05) is 0 Å². The molecule has 5 heteroatoms. The molecule has 0 saturated carbocycles. The molecule has 0 spiro atoms. The number of rotatable bonds is 6. The first-order valence-electron chi connectivity index (χ1n) is 5.27. The van der Waals surface area contributed by atoms with E-state index in [0.717, 1.165) is 5.56 Å². The highest BCUT2D eigenvalue weighted by Crippen LogP contribution is 2.18. The van der Waals surface area contributed by atoms with Crippen molar-refractivity contribution in [2.75, 3.05) is 5.88 Å². The maximum atomic E-state index is 10.4. The second-order valence-corrected chi connectivity index (χ2v) is 4.11. The van der Waals surface area contributed by atoms with Crippen LogP contribution in [-0.2, 0) is 11.2 Å². The third kappa shape index (κ3) is 4.34. The van der Waals surface area contributed by atoms with Crippen LogP contribution >= 0.6 is 11.6 Å². The molecular formula is C12H15ClO4. The molecule has 0 aliphatic heterocycles. The van der Waals surface area contributed by atoms with Gasteiger partial charge in [0, 0.05) is 6.42 Å². The van der Waals surface area contributed by atoms with Gasteiger partial charge in [-0.1, -0.05) is 24.3 Å². The minimum atomic E-state index is -1.01. The Morgan fingerprint density at radius 1 is 1.24 bits per heavy atom. The van der Waals surface area contributed by atoms with Gasteiger partial charge in [0.1, 0.15) is 6.10 Å². The second kappa shape index (κ2) is 6.59. The number of carboxylic acid groups (broad SMARTS) is 1. The summed E-state index contributed by atoms with van der Waals surface area (Å²) in [6, 6.07) is 6.81. The maximum Gasteiger partial charge on any atom is 0.303 e.